The number of nitrogens with zero attached hydrogens (tertiary/aromatic N) is 1. The number of carboxylic acids is 1. The number of rotatable bonds is 6. The molecule has 0 heterocycles. The van der Waals surface area contributed by atoms with Crippen LogP contribution in [-0.2, 0) is 4.79 Å². The lowest BCUT2D eigenvalue weighted by molar-refractivity contribution is -0.149. The number of aliphatic carboxylic acids is 1. The van der Waals surface area contributed by atoms with Crippen molar-refractivity contribution in [3.05, 3.63) is 29.8 Å². The van der Waals surface area contributed by atoms with Crippen LogP contribution in [0.15, 0.2) is 24.3 Å². The molecule has 1 atom stereocenters. The Balaban J connectivity index is 2.87. The molecule has 4 nitrogen and oxygen atoms in total. The number of alkyl halides is 2. The summed E-state index contributed by atoms with van der Waals surface area (Å²) in [4.78, 5) is 12.9. The van der Waals surface area contributed by atoms with E-state index in [1.807, 2.05) is 6.92 Å². The van der Waals surface area contributed by atoms with Crippen molar-refractivity contribution in [1.29, 1.82) is 0 Å². The van der Waals surface area contributed by atoms with E-state index < -0.39 is 18.1 Å². The average Bonchev–Trinajstić information content (AvgIpc) is 2.37. The number of ether oxygens (including phenoxy) is 1. The van der Waals surface area contributed by atoms with Gasteiger partial charge in [0, 0.05) is 6.04 Å². The first-order chi connectivity index (χ1) is 9.16. The van der Waals surface area contributed by atoms with Gasteiger partial charge in [0.25, 0.3) is 0 Å². The van der Waals surface area contributed by atoms with Crippen molar-refractivity contribution >= 4 is 5.97 Å². The van der Waals surface area contributed by atoms with Gasteiger partial charge in [0.1, 0.15) is 11.3 Å². The Labute approximate surface area is 117 Å². The molecule has 0 spiro atoms. The van der Waals surface area contributed by atoms with Gasteiger partial charge in [-0.2, -0.15) is 8.78 Å². The van der Waals surface area contributed by atoms with Crippen LogP contribution in [0.5, 0.6) is 5.75 Å². The van der Waals surface area contributed by atoms with Gasteiger partial charge in [-0.05, 0) is 45.5 Å². The number of halogens is 2. The molecular weight excluding hydrogens is 268 g/mol. The van der Waals surface area contributed by atoms with E-state index in [1.54, 1.807) is 37.9 Å². The van der Waals surface area contributed by atoms with E-state index in [4.69, 9.17) is 0 Å². The molecule has 0 aromatic heterocycles. The smallest absolute Gasteiger partial charge is 0.387 e. The number of hydrogen-bond donors (Lipinski definition) is 1. The van der Waals surface area contributed by atoms with Gasteiger partial charge in [-0.25, -0.2) is 0 Å². The van der Waals surface area contributed by atoms with E-state index in [1.165, 1.54) is 12.1 Å². The maximum Gasteiger partial charge on any atom is 0.387 e. The first-order valence-electron chi connectivity index (χ1n) is 6.17. The summed E-state index contributed by atoms with van der Waals surface area (Å²) in [6, 6.07) is 6.01. The molecule has 0 saturated heterocycles. The van der Waals surface area contributed by atoms with Crippen LogP contribution in [0, 0.1) is 0 Å². The molecule has 1 aromatic rings. The van der Waals surface area contributed by atoms with Crippen LogP contribution in [-0.4, -0.2) is 35.2 Å². The Kier molecular flexibility index (Phi) is 5.05. The molecule has 6 heteroatoms. The molecule has 112 valence electrons. The minimum Gasteiger partial charge on any atom is -0.480 e. The van der Waals surface area contributed by atoms with Crippen molar-refractivity contribution in [3.8, 4) is 5.75 Å². The lowest BCUT2D eigenvalue weighted by Crippen LogP contribution is -2.48. The second-order valence-corrected chi connectivity index (χ2v) is 5.10. The summed E-state index contributed by atoms with van der Waals surface area (Å²) in [5.74, 6) is -0.847. The highest BCUT2D eigenvalue weighted by atomic mass is 19.3. The molecule has 0 aliphatic heterocycles. The zero-order valence-electron chi connectivity index (χ0n) is 11.9. The molecule has 1 unspecified atom stereocenters. The Morgan fingerprint density at radius 2 is 1.80 bits per heavy atom. The standard InChI is InChI=1S/C14H19F2NO3/c1-9(17(4)14(2,3)12(18)19)10-5-7-11(8-6-10)20-13(15)16/h5-9,13H,1-4H3,(H,18,19). The van der Waals surface area contributed by atoms with E-state index in [9.17, 15) is 18.7 Å². The minimum absolute atomic E-state index is 0.0797. The first kappa shape index (κ1) is 16.4. The second-order valence-electron chi connectivity index (χ2n) is 5.10. The Morgan fingerprint density at radius 1 is 1.30 bits per heavy atom. The van der Waals surface area contributed by atoms with E-state index in [0.717, 1.165) is 5.56 Å². The molecule has 0 radical (unpaired) electrons. The summed E-state index contributed by atoms with van der Waals surface area (Å²) in [6.07, 6.45) is 0. The highest BCUT2D eigenvalue weighted by Crippen LogP contribution is 2.28. The van der Waals surface area contributed by atoms with Gasteiger partial charge < -0.3 is 9.84 Å². The molecule has 0 bridgehead atoms. The molecule has 0 aliphatic rings. The fourth-order valence-corrected chi connectivity index (χ4v) is 1.79. The summed E-state index contributed by atoms with van der Waals surface area (Å²) >= 11 is 0. The molecule has 0 aliphatic carbocycles. The van der Waals surface area contributed by atoms with Crippen LogP contribution in [0.2, 0.25) is 0 Å². The number of carbonyl (C=O) groups is 1. The predicted molar refractivity (Wildman–Crippen MR) is 71.0 cm³/mol. The highest BCUT2D eigenvalue weighted by molar-refractivity contribution is 5.77. The first-order valence-corrected chi connectivity index (χ1v) is 6.17. The molecule has 0 saturated carbocycles. The molecule has 1 N–H and O–H groups in total. The molecule has 20 heavy (non-hydrogen) atoms. The summed E-state index contributed by atoms with van der Waals surface area (Å²) in [5, 5.41) is 9.21. The van der Waals surface area contributed by atoms with Crippen molar-refractivity contribution in [2.45, 2.75) is 39.0 Å². The monoisotopic (exact) mass is 287 g/mol. The van der Waals surface area contributed by atoms with Crippen LogP contribution in [0.4, 0.5) is 8.78 Å². The average molecular weight is 287 g/mol. The van der Waals surface area contributed by atoms with E-state index in [2.05, 4.69) is 4.74 Å². The molecule has 1 rings (SSSR count). The van der Waals surface area contributed by atoms with Crippen molar-refractivity contribution in [2.75, 3.05) is 7.05 Å². The van der Waals surface area contributed by atoms with Crippen LogP contribution in [0.1, 0.15) is 32.4 Å². The fourth-order valence-electron chi connectivity index (χ4n) is 1.79. The SMILES string of the molecule is CC(c1ccc(OC(F)F)cc1)N(C)C(C)(C)C(=O)O. The lowest BCUT2D eigenvalue weighted by atomic mass is 9.98. The van der Waals surface area contributed by atoms with Crippen LogP contribution >= 0.6 is 0 Å². The quantitative estimate of drug-likeness (QED) is 0.873. The molecular formula is C14H19F2NO3. The highest BCUT2D eigenvalue weighted by Gasteiger charge is 2.35. The summed E-state index contributed by atoms with van der Waals surface area (Å²) in [6.45, 7) is 2.22. The third-order valence-electron chi connectivity index (χ3n) is 3.57. The Morgan fingerprint density at radius 3 is 2.20 bits per heavy atom. The zero-order valence-corrected chi connectivity index (χ0v) is 11.9. The van der Waals surface area contributed by atoms with Gasteiger partial charge in [0.05, 0.1) is 0 Å². The van der Waals surface area contributed by atoms with Gasteiger partial charge >= 0.3 is 12.6 Å². The van der Waals surface area contributed by atoms with E-state index in [-0.39, 0.29) is 11.8 Å². The van der Waals surface area contributed by atoms with Gasteiger partial charge in [-0.15, -0.1) is 0 Å². The third kappa shape index (κ3) is 3.66. The van der Waals surface area contributed by atoms with Crippen molar-refractivity contribution in [3.63, 3.8) is 0 Å². The van der Waals surface area contributed by atoms with Crippen molar-refractivity contribution in [1.82, 2.24) is 4.90 Å². The predicted octanol–water partition coefficient (Wildman–Crippen LogP) is 3.14. The maximum absolute atomic E-state index is 12.1. The number of benzene rings is 1. The number of hydrogen-bond acceptors (Lipinski definition) is 3. The summed E-state index contributed by atoms with van der Waals surface area (Å²) in [5.41, 5.74) is -0.208. The van der Waals surface area contributed by atoms with Gasteiger partial charge in [-0.1, -0.05) is 12.1 Å². The second kappa shape index (κ2) is 6.17. The number of carboxylic acid groups (broad SMARTS) is 1. The zero-order chi connectivity index (χ0) is 15.5. The van der Waals surface area contributed by atoms with Gasteiger partial charge in [0.2, 0.25) is 0 Å². The van der Waals surface area contributed by atoms with Crippen LogP contribution in [0.3, 0.4) is 0 Å². The van der Waals surface area contributed by atoms with Crippen LogP contribution < -0.4 is 4.74 Å². The number of likely N-dealkylation sites (N-methyl/N-ethyl adjacent to an activating group) is 1. The topological polar surface area (TPSA) is 49.8 Å². The van der Waals surface area contributed by atoms with E-state index in [0.29, 0.717) is 0 Å². The largest absolute Gasteiger partial charge is 0.480 e. The van der Waals surface area contributed by atoms with Gasteiger partial charge in [-0.3, -0.25) is 9.69 Å². The summed E-state index contributed by atoms with van der Waals surface area (Å²) in [7, 11) is 1.71. The van der Waals surface area contributed by atoms with Crippen LogP contribution in [0.25, 0.3) is 0 Å². The van der Waals surface area contributed by atoms with Gasteiger partial charge in [0.15, 0.2) is 0 Å². The minimum atomic E-state index is -2.85. The van der Waals surface area contributed by atoms with E-state index >= 15 is 0 Å². The third-order valence-corrected chi connectivity index (χ3v) is 3.57. The molecule has 1 aromatic carbocycles. The Bertz CT molecular complexity index is 460. The fraction of sp³-hybridized carbons (Fsp3) is 0.500. The summed E-state index contributed by atoms with van der Waals surface area (Å²) < 4.78 is 28.4. The van der Waals surface area contributed by atoms with Crippen molar-refractivity contribution in [2.24, 2.45) is 0 Å². The normalized spacial score (nSPS) is 13.6. The maximum atomic E-state index is 12.1. The lowest BCUT2D eigenvalue weighted by Gasteiger charge is -2.36. The molecule has 0 fully saturated rings. The van der Waals surface area contributed by atoms with Crippen molar-refractivity contribution < 1.29 is 23.4 Å². The Hall–Kier alpha value is -1.69. The molecule has 0 amide bonds.